The third kappa shape index (κ3) is 4.85. The summed E-state index contributed by atoms with van der Waals surface area (Å²) in [5.41, 5.74) is 1.14. The SMILES string of the molecule is CC(C)(C)OC(=O)NCc1cccc(CC2(O)CC2)c1. The van der Waals surface area contributed by atoms with Gasteiger partial charge in [0.25, 0.3) is 0 Å². The topological polar surface area (TPSA) is 58.6 Å². The predicted molar refractivity (Wildman–Crippen MR) is 77.4 cm³/mol. The molecule has 0 bridgehead atoms. The van der Waals surface area contributed by atoms with Crippen molar-refractivity contribution in [3.05, 3.63) is 35.4 Å². The van der Waals surface area contributed by atoms with Crippen LogP contribution in [0.25, 0.3) is 0 Å². The van der Waals surface area contributed by atoms with E-state index in [1.54, 1.807) is 0 Å². The molecule has 2 N–H and O–H groups in total. The first-order chi connectivity index (χ1) is 9.26. The monoisotopic (exact) mass is 277 g/mol. The zero-order valence-corrected chi connectivity index (χ0v) is 12.4. The minimum atomic E-state index is -0.489. The lowest BCUT2D eigenvalue weighted by Gasteiger charge is -2.19. The number of benzene rings is 1. The Morgan fingerprint density at radius 3 is 2.60 bits per heavy atom. The van der Waals surface area contributed by atoms with E-state index in [9.17, 15) is 9.90 Å². The van der Waals surface area contributed by atoms with Crippen molar-refractivity contribution in [2.24, 2.45) is 0 Å². The van der Waals surface area contributed by atoms with E-state index in [1.165, 1.54) is 0 Å². The van der Waals surface area contributed by atoms with E-state index in [1.807, 2.05) is 45.0 Å². The second kappa shape index (κ2) is 5.44. The molecule has 1 fully saturated rings. The molecule has 0 aliphatic heterocycles. The Hall–Kier alpha value is -1.55. The molecule has 0 atom stereocenters. The van der Waals surface area contributed by atoms with Crippen LogP contribution in [0.4, 0.5) is 4.79 Å². The highest BCUT2D eigenvalue weighted by molar-refractivity contribution is 5.67. The lowest BCUT2D eigenvalue weighted by Crippen LogP contribution is -2.32. The van der Waals surface area contributed by atoms with Gasteiger partial charge in [0.1, 0.15) is 5.60 Å². The van der Waals surface area contributed by atoms with Gasteiger partial charge in [-0.25, -0.2) is 4.79 Å². The van der Waals surface area contributed by atoms with Crippen LogP contribution in [0.15, 0.2) is 24.3 Å². The van der Waals surface area contributed by atoms with Crippen LogP contribution in [0.1, 0.15) is 44.7 Å². The van der Waals surface area contributed by atoms with Gasteiger partial charge in [-0.3, -0.25) is 0 Å². The summed E-state index contributed by atoms with van der Waals surface area (Å²) in [5.74, 6) is 0. The summed E-state index contributed by atoms with van der Waals surface area (Å²) >= 11 is 0. The Labute approximate surface area is 120 Å². The molecule has 1 aromatic carbocycles. The number of nitrogens with one attached hydrogen (secondary N) is 1. The lowest BCUT2D eigenvalue weighted by molar-refractivity contribution is 0.0523. The fraction of sp³-hybridized carbons (Fsp3) is 0.562. The van der Waals surface area contributed by atoms with E-state index in [2.05, 4.69) is 5.32 Å². The van der Waals surface area contributed by atoms with Crippen molar-refractivity contribution in [3.8, 4) is 0 Å². The zero-order valence-electron chi connectivity index (χ0n) is 12.4. The Kier molecular flexibility index (Phi) is 4.04. The number of carbonyl (C=O) groups is 1. The number of hydrogen-bond donors (Lipinski definition) is 2. The van der Waals surface area contributed by atoms with Crippen molar-refractivity contribution in [2.75, 3.05) is 0 Å². The van der Waals surface area contributed by atoms with Crippen molar-refractivity contribution in [1.82, 2.24) is 5.32 Å². The molecule has 1 aliphatic carbocycles. The van der Waals surface area contributed by atoms with Gasteiger partial charge in [0, 0.05) is 13.0 Å². The third-order valence-corrected chi connectivity index (χ3v) is 3.19. The van der Waals surface area contributed by atoms with E-state index in [0.29, 0.717) is 13.0 Å². The number of alkyl carbamates (subject to hydrolysis) is 1. The molecular weight excluding hydrogens is 254 g/mol. The van der Waals surface area contributed by atoms with Crippen LogP contribution in [0.2, 0.25) is 0 Å². The normalized spacial score (nSPS) is 16.6. The summed E-state index contributed by atoms with van der Waals surface area (Å²) in [6, 6.07) is 7.94. The molecule has 110 valence electrons. The van der Waals surface area contributed by atoms with Gasteiger partial charge in [0.05, 0.1) is 5.60 Å². The molecule has 4 nitrogen and oxygen atoms in total. The first-order valence-electron chi connectivity index (χ1n) is 7.03. The highest BCUT2D eigenvalue weighted by Gasteiger charge is 2.40. The van der Waals surface area contributed by atoms with Crippen molar-refractivity contribution < 1.29 is 14.6 Å². The average Bonchev–Trinajstić information content (AvgIpc) is 3.02. The minimum Gasteiger partial charge on any atom is -0.444 e. The summed E-state index contributed by atoms with van der Waals surface area (Å²) in [5, 5.41) is 12.7. The van der Waals surface area contributed by atoms with Crippen LogP contribution >= 0.6 is 0 Å². The van der Waals surface area contributed by atoms with Crippen LogP contribution in [-0.2, 0) is 17.7 Å². The molecular formula is C16H23NO3. The van der Waals surface area contributed by atoms with Crippen molar-refractivity contribution in [3.63, 3.8) is 0 Å². The number of ether oxygens (including phenoxy) is 1. The number of aliphatic hydroxyl groups is 1. The smallest absolute Gasteiger partial charge is 0.407 e. The van der Waals surface area contributed by atoms with Crippen molar-refractivity contribution in [2.45, 2.75) is 57.8 Å². The van der Waals surface area contributed by atoms with E-state index >= 15 is 0 Å². The van der Waals surface area contributed by atoms with Gasteiger partial charge in [-0.15, -0.1) is 0 Å². The Bertz CT molecular complexity index is 487. The Morgan fingerprint density at radius 1 is 1.35 bits per heavy atom. The van der Waals surface area contributed by atoms with Crippen molar-refractivity contribution >= 4 is 6.09 Å². The molecule has 1 saturated carbocycles. The van der Waals surface area contributed by atoms with E-state index < -0.39 is 17.3 Å². The van der Waals surface area contributed by atoms with Crippen LogP contribution in [0.5, 0.6) is 0 Å². The van der Waals surface area contributed by atoms with E-state index in [0.717, 1.165) is 24.0 Å². The largest absolute Gasteiger partial charge is 0.444 e. The molecule has 1 amide bonds. The molecule has 0 saturated heterocycles. The molecule has 1 aromatic rings. The molecule has 0 radical (unpaired) electrons. The van der Waals surface area contributed by atoms with Gasteiger partial charge in [-0.1, -0.05) is 24.3 Å². The highest BCUT2D eigenvalue weighted by Crippen LogP contribution is 2.38. The Balaban J connectivity index is 1.86. The standard InChI is InChI=1S/C16H23NO3/c1-15(2,3)20-14(18)17-11-13-6-4-5-12(9-13)10-16(19)7-8-16/h4-6,9,19H,7-8,10-11H2,1-3H3,(H,17,18). The van der Waals surface area contributed by atoms with Crippen molar-refractivity contribution in [1.29, 1.82) is 0 Å². The van der Waals surface area contributed by atoms with Gasteiger partial charge in [0.15, 0.2) is 0 Å². The number of amides is 1. The van der Waals surface area contributed by atoms with Gasteiger partial charge in [0.2, 0.25) is 0 Å². The summed E-state index contributed by atoms with van der Waals surface area (Å²) < 4.78 is 5.19. The number of hydrogen-bond acceptors (Lipinski definition) is 3. The molecule has 0 aromatic heterocycles. The Morgan fingerprint density at radius 2 is 2.00 bits per heavy atom. The van der Waals surface area contributed by atoms with Gasteiger partial charge >= 0.3 is 6.09 Å². The summed E-state index contributed by atoms with van der Waals surface area (Å²) in [6.07, 6.45) is 2.04. The average molecular weight is 277 g/mol. The van der Waals surface area contributed by atoms with E-state index in [-0.39, 0.29) is 0 Å². The molecule has 4 heteroatoms. The second-order valence-corrected chi connectivity index (χ2v) is 6.58. The fourth-order valence-electron chi connectivity index (χ4n) is 2.04. The highest BCUT2D eigenvalue weighted by atomic mass is 16.6. The molecule has 0 heterocycles. The lowest BCUT2D eigenvalue weighted by atomic mass is 10.0. The van der Waals surface area contributed by atoms with Gasteiger partial charge in [-0.2, -0.15) is 0 Å². The van der Waals surface area contributed by atoms with Crippen LogP contribution in [0.3, 0.4) is 0 Å². The molecule has 20 heavy (non-hydrogen) atoms. The molecule has 0 spiro atoms. The second-order valence-electron chi connectivity index (χ2n) is 6.58. The fourth-order valence-corrected chi connectivity index (χ4v) is 2.04. The minimum absolute atomic E-state index is 0.413. The predicted octanol–water partition coefficient (Wildman–Crippen LogP) is 2.78. The number of rotatable bonds is 4. The maximum atomic E-state index is 11.6. The maximum Gasteiger partial charge on any atom is 0.407 e. The molecule has 2 rings (SSSR count). The van der Waals surface area contributed by atoms with Crippen LogP contribution < -0.4 is 5.32 Å². The van der Waals surface area contributed by atoms with Gasteiger partial charge < -0.3 is 15.2 Å². The van der Waals surface area contributed by atoms with Gasteiger partial charge in [-0.05, 0) is 44.7 Å². The summed E-state index contributed by atoms with van der Waals surface area (Å²) in [4.78, 5) is 11.6. The third-order valence-electron chi connectivity index (χ3n) is 3.19. The molecule has 1 aliphatic rings. The summed E-state index contributed by atoms with van der Waals surface area (Å²) in [7, 11) is 0. The zero-order chi connectivity index (χ0) is 14.8. The number of carbonyl (C=O) groups excluding carboxylic acids is 1. The maximum absolute atomic E-state index is 11.6. The first-order valence-corrected chi connectivity index (χ1v) is 7.03. The van der Waals surface area contributed by atoms with Crippen LogP contribution in [0, 0.1) is 0 Å². The van der Waals surface area contributed by atoms with Crippen LogP contribution in [-0.4, -0.2) is 22.4 Å². The summed E-state index contributed by atoms with van der Waals surface area (Å²) in [6.45, 7) is 5.94. The van der Waals surface area contributed by atoms with E-state index in [4.69, 9.17) is 4.74 Å². The quantitative estimate of drug-likeness (QED) is 0.889. The molecule has 0 unspecified atom stereocenters. The first kappa shape index (κ1) is 14.9.